The first-order valence-corrected chi connectivity index (χ1v) is 5.74. The zero-order valence-corrected chi connectivity index (χ0v) is 9.77. The number of carbonyl (C=O) groups is 1. The second kappa shape index (κ2) is 4.56. The van der Waals surface area contributed by atoms with Crippen molar-refractivity contribution in [1.82, 2.24) is 0 Å². The van der Waals surface area contributed by atoms with Gasteiger partial charge in [0, 0.05) is 13.0 Å². The largest absolute Gasteiger partial charge is 0.492 e. The van der Waals surface area contributed by atoms with Crippen LogP contribution >= 0.6 is 0 Å². The van der Waals surface area contributed by atoms with Crippen LogP contribution in [0.15, 0.2) is 24.3 Å². The Bertz CT molecular complexity index is 389. The van der Waals surface area contributed by atoms with Gasteiger partial charge in [0.05, 0.1) is 12.3 Å². The number of anilines is 1. The Morgan fingerprint density at radius 3 is 2.81 bits per heavy atom. The fourth-order valence-electron chi connectivity index (χ4n) is 2.08. The predicted octanol–water partition coefficient (Wildman–Crippen LogP) is 2.46. The predicted molar refractivity (Wildman–Crippen MR) is 63.7 cm³/mol. The molecule has 3 nitrogen and oxygen atoms in total. The lowest BCUT2D eigenvalue weighted by molar-refractivity contribution is -0.117. The monoisotopic (exact) mass is 219 g/mol. The summed E-state index contributed by atoms with van der Waals surface area (Å²) in [5, 5.41) is 0. The summed E-state index contributed by atoms with van der Waals surface area (Å²) in [6.07, 6.45) is 0.639. The van der Waals surface area contributed by atoms with Crippen molar-refractivity contribution in [2.75, 3.05) is 18.1 Å². The number of hydrogen-bond acceptors (Lipinski definition) is 2. The minimum absolute atomic E-state index is 0.194. The highest BCUT2D eigenvalue weighted by atomic mass is 16.5. The van der Waals surface area contributed by atoms with E-state index in [4.69, 9.17) is 4.74 Å². The molecule has 86 valence electrons. The average molecular weight is 219 g/mol. The summed E-state index contributed by atoms with van der Waals surface area (Å²) in [6.45, 7) is 5.46. The molecule has 1 fully saturated rings. The van der Waals surface area contributed by atoms with Crippen molar-refractivity contribution in [2.45, 2.75) is 20.3 Å². The Kier molecular flexibility index (Phi) is 3.13. The first-order chi connectivity index (χ1) is 7.72. The standard InChI is InChI=1S/C13H17NO2/c1-3-16-12-7-5-4-6-11(12)14-9-10(2)8-13(14)15/h4-7,10H,3,8-9H2,1-2H3. The summed E-state index contributed by atoms with van der Waals surface area (Å²) in [5.41, 5.74) is 0.902. The molecule has 1 aliphatic rings. The normalized spacial score (nSPS) is 20.2. The highest BCUT2D eigenvalue weighted by molar-refractivity contribution is 5.97. The van der Waals surface area contributed by atoms with Crippen LogP contribution in [0.5, 0.6) is 5.75 Å². The van der Waals surface area contributed by atoms with E-state index in [0.717, 1.165) is 18.0 Å². The molecule has 0 aromatic heterocycles. The molecule has 1 atom stereocenters. The molecule has 1 unspecified atom stereocenters. The number of hydrogen-bond donors (Lipinski definition) is 0. The van der Waals surface area contributed by atoms with E-state index in [1.807, 2.05) is 36.1 Å². The Morgan fingerprint density at radius 1 is 1.44 bits per heavy atom. The summed E-state index contributed by atoms with van der Waals surface area (Å²) in [6, 6.07) is 7.72. The Balaban J connectivity index is 2.29. The molecule has 0 bridgehead atoms. The third kappa shape index (κ3) is 2.03. The fraction of sp³-hybridized carbons (Fsp3) is 0.462. The number of carbonyl (C=O) groups excluding carboxylic acids is 1. The molecule has 2 rings (SSSR count). The third-order valence-corrected chi connectivity index (χ3v) is 2.77. The first-order valence-electron chi connectivity index (χ1n) is 5.74. The molecule has 1 aromatic carbocycles. The van der Waals surface area contributed by atoms with Crippen LogP contribution in [0.3, 0.4) is 0 Å². The molecule has 0 aliphatic carbocycles. The van der Waals surface area contributed by atoms with Crippen LogP contribution in [0.1, 0.15) is 20.3 Å². The summed E-state index contributed by atoms with van der Waals surface area (Å²) in [4.78, 5) is 13.6. The zero-order chi connectivity index (χ0) is 11.5. The molecule has 1 heterocycles. The van der Waals surface area contributed by atoms with Gasteiger partial charge in [0.15, 0.2) is 0 Å². The van der Waals surface area contributed by atoms with E-state index in [0.29, 0.717) is 18.9 Å². The molecule has 16 heavy (non-hydrogen) atoms. The molecule has 0 radical (unpaired) electrons. The molecule has 0 saturated carbocycles. The summed E-state index contributed by atoms with van der Waals surface area (Å²) in [5.74, 6) is 1.43. The van der Waals surface area contributed by atoms with Crippen molar-refractivity contribution in [3.05, 3.63) is 24.3 Å². The maximum absolute atomic E-state index is 11.8. The minimum Gasteiger partial charge on any atom is -0.492 e. The Morgan fingerprint density at radius 2 is 2.19 bits per heavy atom. The fourth-order valence-corrected chi connectivity index (χ4v) is 2.08. The topological polar surface area (TPSA) is 29.5 Å². The van der Waals surface area contributed by atoms with Gasteiger partial charge in [-0.25, -0.2) is 0 Å². The van der Waals surface area contributed by atoms with Crippen molar-refractivity contribution in [1.29, 1.82) is 0 Å². The number of ether oxygens (including phenoxy) is 1. The van der Waals surface area contributed by atoms with E-state index >= 15 is 0 Å². The maximum Gasteiger partial charge on any atom is 0.227 e. The lowest BCUT2D eigenvalue weighted by Gasteiger charge is -2.19. The number of rotatable bonds is 3. The van der Waals surface area contributed by atoms with Crippen molar-refractivity contribution in [3.8, 4) is 5.75 Å². The number of amides is 1. The zero-order valence-electron chi connectivity index (χ0n) is 9.77. The molecule has 1 saturated heterocycles. The van der Waals surface area contributed by atoms with Crippen LogP contribution < -0.4 is 9.64 Å². The van der Waals surface area contributed by atoms with Gasteiger partial charge in [0.2, 0.25) is 5.91 Å². The van der Waals surface area contributed by atoms with Crippen molar-refractivity contribution in [3.63, 3.8) is 0 Å². The van der Waals surface area contributed by atoms with Gasteiger partial charge in [-0.15, -0.1) is 0 Å². The lowest BCUT2D eigenvalue weighted by atomic mass is 10.2. The van der Waals surface area contributed by atoms with Gasteiger partial charge in [-0.2, -0.15) is 0 Å². The first kappa shape index (κ1) is 11.0. The van der Waals surface area contributed by atoms with E-state index in [2.05, 4.69) is 6.92 Å². The molecule has 3 heteroatoms. The van der Waals surface area contributed by atoms with E-state index in [-0.39, 0.29) is 5.91 Å². The van der Waals surface area contributed by atoms with Crippen LogP contribution in [0.2, 0.25) is 0 Å². The van der Waals surface area contributed by atoms with Gasteiger partial charge in [-0.3, -0.25) is 4.79 Å². The Hall–Kier alpha value is -1.51. The van der Waals surface area contributed by atoms with Gasteiger partial charge in [0.1, 0.15) is 5.75 Å². The number of nitrogens with zero attached hydrogens (tertiary/aromatic N) is 1. The quantitative estimate of drug-likeness (QED) is 0.781. The molecular formula is C13H17NO2. The third-order valence-electron chi connectivity index (χ3n) is 2.77. The second-order valence-corrected chi connectivity index (χ2v) is 4.21. The average Bonchev–Trinajstić information content (AvgIpc) is 2.59. The number of benzene rings is 1. The molecule has 1 aromatic rings. The Labute approximate surface area is 96.0 Å². The van der Waals surface area contributed by atoms with E-state index in [1.54, 1.807) is 0 Å². The van der Waals surface area contributed by atoms with Crippen molar-refractivity contribution in [2.24, 2.45) is 5.92 Å². The van der Waals surface area contributed by atoms with Crippen molar-refractivity contribution >= 4 is 11.6 Å². The summed E-state index contributed by atoms with van der Waals surface area (Å²) in [7, 11) is 0. The maximum atomic E-state index is 11.8. The summed E-state index contributed by atoms with van der Waals surface area (Å²) >= 11 is 0. The van der Waals surface area contributed by atoms with E-state index < -0.39 is 0 Å². The van der Waals surface area contributed by atoms with Gasteiger partial charge < -0.3 is 9.64 Å². The van der Waals surface area contributed by atoms with Gasteiger partial charge in [-0.05, 0) is 25.0 Å². The second-order valence-electron chi connectivity index (χ2n) is 4.21. The minimum atomic E-state index is 0.194. The molecule has 1 amide bonds. The van der Waals surface area contributed by atoms with Gasteiger partial charge >= 0.3 is 0 Å². The molecule has 1 aliphatic heterocycles. The SMILES string of the molecule is CCOc1ccccc1N1CC(C)CC1=O. The van der Waals surface area contributed by atoms with Crippen LogP contribution in [-0.2, 0) is 4.79 Å². The van der Waals surface area contributed by atoms with Crippen molar-refractivity contribution < 1.29 is 9.53 Å². The van der Waals surface area contributed by atoms with Crippen LogP contribution in [0, 0.1) is 5.92 Å². The lowest BCUT2D eigenvalue weighted by Crippen LogP contribution is -2.24. The molecule has 0 spiro atoms. The highest BCUT2D eigenvalue weighted by Gasteiger charge is 2.29. The molecule has 0 N–H and O–H groups in total. The van der Waals surface area contributed by atoms with E-state index in [1.165, 1.54) is 0 Å². The van der Waals surface area contributed by atoms with Crippen LogP contribution in [0.4, 0.5) is 5.69 Å². The summed E-state index contributed by atoms with van der Waals surface area (Å²) < 4.78 is 5.54. The van der Waals surface area contributed by atoms with Gasteiger partial charge in [-0.1, -0.05) is 19.1 Å². The van der Waals surface area contributed by atoms with Crippen LogP contribution in [-0.4, -0.2) is 19.1 Å². The van der Waals surface area contributed by atoms with Crippen LogP contribution in [0.25, 0.3) is 0 Å². The molecular weight excluding hydrogens is 202 g/mol. The van der Waals surface area contributed by atoms with E-state index in [9.17, 15) is 4.79 Å². The van der Waals surface area contributed by atoms with Gasteiger partial charge in [0.25, 0.3) is 0 Å². The smallest absolute Gasteiger partial charge is 0.227 e. The highest BCUT2D eigenvalue weighted by Crippen LogP contribution is 2.32. The number of para-hydroxylation sites is 2.